The third-order valence-corrected chi connectivity index (χ3v) is 6.32. The maximum absolute atomic E-state index is 11.6. The van der Waals surface area contributed by atoms with E-state index in [1.165, 1.54) is 0 Å². The molecule has 0 saturated carbocycles. The van der Waals surface area contributed by atoms with Gasteiger partial charge in [-0.3, -0.25) is 9.78 Å². The Morgan fingerprint density at radius 2 is 2.10 bits per heavy atom. The molecule has 5 rings (SSSR count). The van der Waals surface area contributed by atoms with E-state index in [4.69, 9.17) is 21.3 Å². The Morgan fingerprint density at radius 3 is 2.81 bits per heavy atom. The highest BCUT2D eigenvalue weighted by atomic mass is 35.5. The summed E-state index contributed by atoms with van der Waals surface area (Å²) >= 11 is 6.39. The third-order valence-electron chi connectivity index (χ3n) is 6.04. The first-order valence-electron chi connectivity index (χ1n) is 10.6. The Bertz CT molecular complexity index is 1090. The minimum atomic E-state index is -0.146. The van der Waals surface area contributed by atoms with E-state index in [1.807, 2.05) is 31.5 Å². The number of aromatic nitrogens is 3. The number of ether oxygens (including phenoxy) is 1. The van der Waals surface area contributed by atoms with E-state index in [1.54, 1.807) is 10.7 Å². The number of rotatable bonds is 5. The fourth-order valence-electron chi connectivity index (χ4n) is 4.20. The summed E-state index contributed by atoms with van der Waals surface area (Å²) in [5.41, 5.74) is 3.56. The average molecular weight is 441 g/mol. The molecule has 0 aliphatic carbocycles. The van der Waals surface area contributed by atoms with Crippen LogP contribution in [0.5, 0.6) is 5.75 Å². The van der Waals surface area contributed by atoms with Crippen molar-refractivity contribution in [1.29, 1.82) is 0 Å². The Kier molecular flexibility index (Phi) is 5.41. The number of anilines is 1. The molecule has 3 aromatic heterocycles. The van der Waals surface area contributed by atoms with Gasteiger partial charge in [0.25, 0.3) is 0 Å². The predicted octanol–water partition coefficient (Wildman–Crippen LogP) is 2.36. The molecule has 1 amide bonds. The van der Waals surface area contributed by atoms with Crippen molar-refractivity contribution in [2.45, 2.75) is 19.4 Å². The third kappa shape index (κ3) is 4.05. The summed E-state index contributed by atoms with van der Waals surface area (Å²) in [4.78, 5) is 18.6. The zero-order valence-corrected chi connectivity index (χ0v) is 18.1. The van der Waals surface area contributed by atoms with Crippen molar-refractivity contribution in [1.82, 2.24) is 25.2 Å². The van der Waals surface area contributed by atoms with Crippen LogP contribution in [0.1, 0.15) is 13.3 Å². The van der Waals surface area contributed by atoms with Crippen molar-refractivity contribution < 1.29 is 9.53 Å². The Morgan fingerprint density at radius 1 is 1.26 bits per heavy atom. The number of carbonyl (C=O) groups is 1. The van der Waals surface area contributed by atoms with Crippen LogP contribution in [0.4, 0.5) is 5.69 Å². The van der Waals surface area contributed by atoms with Gasteiger partial charge in [0, 0.05) is 56.8 Å². The molecule has 5 heterocycles. The van der Waals surface area contributed by atoms with Crippen molar-refractivity contribution in [3.05, 3.63) is 41.8 Å². The van der Waals surface area contributed by atoms with Crippen molar-refractivity contribution in [2.75, 3.05) is 37.6 Å². The first-order chi connectivity index (χ1) is 15.1. The largest absolute Gasteiger partial charge is 0.488 e. The first-order valence-corrected chi connectivity index (χ1v) is 11.0. The smallest absolute Gasteiger partial charge is 0.220 e. The van der Waals surface area contributed by atoms with Crippen LogP contribution >= 0.6 is 11.6 Å². The number of amides is 1. The molecular formula is C22H25ClN6O2. The topological polar surface area (TPSA) is 83.8 Å². The maximum Gasteiger partial charge on any atom is 0.220 e. The Labute approximate surface area is 185 Å². The van der Waals surface area contributed by atoms with Crippen LogP contribution in [0.3, 0.4) is 0 Å². The van der Waals surface area contributed by atoms with Crippen molar-refractivity contribution in [2.24, 2.45) is 5.92 Å². The molecular weight excluding hydrogens is 416 g/mol. The number of hydrogen-bond acceptors (Lipinski definition) is 6. The maximum atomic E-state index is 11.6. The van der Waals surface area contributed by atoms with Crippen LogP contribution in [0.2, 0.25) is 5.02 Å². The molecule has 2 fully saturated rings. The predicted molar refractivity (Wildman–Crippen MR) is 120 cm³/mol. The summed E-state index contributed by atoms with van der Waals surface area (Å²) in [6.07, 6.45) is 5.76. The van der Waals surface area contributed by atoms with E-state index in [-0.39, 0.29) is 17.9 Å². The van der Waals surface area contributed by atoms with E-state index in [0.717, 1.165) is 43.1 Å². The lowest BCUT2D eigenvalue weighted by atomic mass is 10.0. The van der Waals surface area contributed by atoms with Gasteiger partial charge in [-0.15, -0.1) is 0 Å². The van der Waals surface area contributed by atoms with Crippen molar-refractivity contribution in [3.8, 4) is 17.0 Å². The summed E-state index contributed by atoms with van der Waals surface area (Å²) in [7, 11) is 0. The highest BCUT2D eigenvalue weighted by molar-refractivity contribution is 6.34. The monoisotopic (exact) mass is 440 g/mol. The quantitative estimate of drug-likeness (QED) is 0.633. The van der Waals surface area contributed by atoms with Gasteiger partial charge in [0.2, 0.25) is 5.91 Å². The van der Waals surface area contributed by atoms with E-state index in [2.05, 4.69) is 26.7 Å². The molecule has 8 nitrogen and oxygen atoms in total. The van der Waals surface area contributed by atoms with Gasteiger partial charge in [-0.2, -0.15) is 5.10 Å². The van der Waals surface area contributed by atoms with E-state index >= 15 is 0 Å². The standard InChI is InChI=1S/C22H25ClN6O2/c1-14(15-9-21(30)26-10-15)31-20-8-16(13-29-22(20)18(23)12-27-29)19-3-2-17(11-25-19)28-6-4-24-5-7-28/h2-3,8,11-15,24H,4-7,9-10H2,1H3,(H,26,30)/t14?,15-/m1/s1. The second-order valence-electron chi connectivity index (χ2n) is 8.11. The van der Waals surface area contributed by atoms with Gasteiger partial charge in [0.05, 0.1) is 28.8 Å². The fraction of sp³-hybridized carbons (Fsp3) is 0.409. The zero-order chi connectivity index (χ0) is 21.4. The molecule has 2 atom stereocenters. The van der Waals surface area contributed by atoms with E-state index in [9.17, 15) is 4.79 Å². The van der Waals surface area contributed by atoms with Crippen LogP contribution in [-0.4, -0.2) is 59.3 Å². The summed E-state index contributed by atoms with van der Waals surface area (Å²) in [6.45, 7) is 6.54. The van der Waals surface area contributed by atoms with Gasteiger partial charge in [0.15, 0.2) is 0 Å². The number of fused-ring (bicyclic) bond motifs is 1. The van der Waals surface area contributed by atoms with Gasteiger partial charge in [-0.05, 0) is 25.1 Å². The fourth-order valence-corrected chi connectivity index (χ4v) is 4.42. The van der Waals surface area contributed by atoms with Gasteiger partial charge in [-0.25, -0.2) is 4.52 Å². The number of piperazine rings is 1. The summed E-state index contributed by atoms with van der Waals surface area (Å²) < 4.78 is 8.03. The molecule has 3 aromatic rings. The molecule has 2 aliphatic rings. The van der Waals surface area contributed by atoms with Crippen molar-refractivity contribution in [3.63, 3.8) is 0 Å². The van der Waals surface area contributed by atoms with Gasteiger partial charge in [-0.1, -0.05) is 11.6 Å². The van der Waals surface area contributed by atoms with Gasteiger partial charge < -0.3 is 20.3 Å². The molecule has 9 heteroatoms. The number of nitrogens with zero attached hydrogens (tertiary/aromatic N) is 4. The molecule has 1 unspecified atom stereocenters. The number of carbonyl (C=O) groups excluding carboxylic acids is 1. The Balaban J connectivity index is 1.44. The number of nitrogens with one attached hydrogen (secondary N) is 2. The average Bonchev–Trinajstić information content (AvgIpc) is 3.40. The second-order valence-corrected chi connectivity index (χ2v) is 8.52. The van der Waals surface area contributed by atoms with Crippen LogP contribution in [0.15, 0.2) is 36.8 Å². The highest BCUT2D eigenvalue weighted by Crippen LogP contribution is 2.33. The molecule has 2 N–H and O–H groups in total. The number of halogens is 1. The Hall–Kier alpha value is -2.84. The minimum absolute atomic E-state index is 0.0653. The highest BCUT2D eigenvalue weighted by Gasteiger charge is 2.28. The molecule has 2 aliphatic heterocycles. The molecule has 31 heavy (non-hydrogen) atoms. The van der Waals surface area contributed by atoms with Crippen LogP contribution < -0.4 is 20.3 Å². The van der Waals surface area contributed by atoms with Crippen LogP contribution in [0.25, 0.3) is 16.8 Å². The molecule has 162 valence electrons. The van der Waals surface area contributed by atoms with Crippen LogP contribution in [0, 0.1) is 5.92 Å². The summed E-state index contributed by atoms with van der Waals surface area (Å²) in [5, 5.41) is 11.1. The SMILES string of the molecule is CC(Oc1cc(-c2ccc(N3CCNCC3)cn2)cn2ncc(Cl)c12)[C@H]1CNC(=O)C1. The molecule has 0 radical (unpaired) electrons. The zero-order valence-electron chi connectivity index (χ0n) is 17.3. The molecule has 2 saturated heterocycles. The normalized spacial score (nSPS) is 20.1. The van der Waals surface area contributed by atoms with Crippen molar-refractivity contribution >= 4 is 28.7 Å². The van der Waals surface area contributed by atoms with Crippen LogP contribution in [-0.2, 0) is 4.79 Å². The number of pyridine rings is 2. The lowest BCUT2D eigenvalue weighted by Crippen LogP contribution is -2.43. The molecule has 0 bridgehead atoms. The lowest BCUT2D eigenvalue weighted by molar-refractivity contribution is -0.119. The van der Waals surface area contributed by atoms with E-state index < -0.39 is 0 Å². The number of hydrogen-bond donors (Lipinski definition) is 2. The summed E-state index contributed by atoms with van der Waals surface area (Å²) in [6, 6.07) is 6.08. The lowest BCUT2D eigenvalue weighted by Gasteiger charge is -2.29. The molecule has 0 aromatic carbocycles. The summed E-state index contributed by atoms with van der Waals surface area (Å²) in [5.74, 6) is 0.824. The molecule has 0 spiro atoms. The van der Waals surface area contributed by atoms with Gasteiger partial charge >= 0.3 is 0 Å². The first kappa shape index (κ1) is 20.1. The van der Waals surface area contributed by atoms with Gasteiger partial charge in [0.1, 0.15) is 17.4 Å². The second kappa shape index (κ2) is 8.36. The van der Waals surface area contributed by atoms with E-state index in [0.29, 0.717) is 29.3 Å². The minimum Gasteiger partial charge on any atom is -0.488 e.